The lowest BCUT2D eigenvalue weighted by Crippen LogP contribution is -2.32. The van der Waals surface area contributed by atoms with Crippen molar-refractivity contribution in [1.29, 1.82) is 0 Å². The molecule has 0 aromatic heterocycles. The van der Waals surface area contributed by atoms with E-state index in [1.165, 1.54) is 24.6 Å². The molecule has 0 bridgehead atoms. The summed E-state index contributed by atoms with van der Waals surface area (Å²) in [5.74, 6) is -0.434. The van der Waals surface area contributed by atoms with E-state index in [9.17, 15) is 9.18 Å². The number of amides is 2. The molecule has 1 heterocycles. The third-order valence-corrected chi connectivity index (χ3v) is 4.31. The molecule has 2 aromatic carbocycles. The molecule has 5 heteroatoms. The summed E-state index contributed by atoms with van der Waals surface area (Å²) in [5.41, 5.74) is 2.48. The fourth-order valence-corrected chi connectivity index (χ4v) is 3.01. The van der Waals surface area contributed by atoms with Gasteiger partial charge in [0.05, 0.1) is 5.69 Å². The first-order valence-corrected chi connectivity index (χ1v) is 8.24. The quantitative estimate of drug-likeness (QED) is 0.918. The molecule has 1 N–H and O–H groups in total. The zero-order chi connectivity index (χ0) is 16.9. The van der Waals surface area contributed by atoms with Gasteiger partial charge in [-0.25, -0.2) is 9.18 Å². The van der Waals surface area contributed by atoms with E-state index in [0.29, 0.717) is 6.54 Å². The van der Waals surface area contributed by atoms with Gasteiger partial charge in [0.25, 0.3) is 0 Å². The highest BCUT2D eigenvalue weighted by atomic mass is 19.1. The Morgan fingerprint density at radius 3 is 2.54 bits per heavy atom. The highest BCUT2D eigenvalue weighted by Crippen LogP contribution is 2.25. The van der Waals surface area contributed by atoms with Gasteiger partial charge >= 0.3 is 6.03 Å². The summed E-state index contributed by atoms with van der Waals surface area (Å²) < 4.78 is 13.7. The highest BCUT2D eigenvalue weighted by Gasteiger charge is 2.18. The normalized spacial score (nSPS) is 13.8. The maximum absolute atomic E-state index is 13.7. The molecule has 2 amide bonds. The first-order chi connectivity index (χ1) is 11.6. The van der Waals surface area contributed by atoms with Crippen LogP contribution >= 0.6 is 0 Å². The number of carbonyl (C=O) groups excluding carboxylic acids is 1. The van der Waals surface area contributed by atoms with Gasteiger partial charge < -0.3 is 15.1 Å². The molecule has 0 aliphatic carbocycles. The molecule has 1 aliphatic rings. The van der Waals surface area contributed by atoms with Gasteiger partial charge in [-0.15, -0.1) is 0 Å². The van der Waals surface area contributed by atoms with Crippen LogP contribution in [0.15, 0.2) is 48.5 Å². The van der Waals surface area contributed by atoms with Crippen molar-refractivity contribution in [2.24, 2.45) is 0 Å². The van der Waals surface area contributed by atoms with Crippen molar-refractivity contribution in [1.82, 2.24) is 4.90 Å². The summed E-state index contributed by atoms with van der Waals surface area (Å²) in [6, 6.07) is 14.0. The Morgan fingerprint density at radius 2 is 1.79 bits per heavy atom. The van der Waals surface area contributed by atoms with Gasteiger partial charge in [0.1, 0.15) is 5.82 Å². The minimum Gasteiger partial charge on any atom is -0.371 e. The number of benzene rings is 2. The zero-order valence-electron chi connectivity index (χ0n) is 13.8. The molecule has 0 unspecified atom stereocenters. The molecule has 0 atom stereocenters. The second kappa shape index (κ2) is 7.34. The summed E-state index contributed by atoms with van der Waals surface area (Å²) in [5, 5.41) is 2.62. The number of hydrogen-bond donors (Lipinski definition) is 1. The SMILES string of the molecule is CN(Cc1ccccc1N1CCCC1)C(=O)Nc1ccccc1F. The minimum atomic E-state index is -0.434. The third kappa shape index (κ3) is 3.67. The first kappa shape index (κ1) is 16.3. The number of carbonyl (C=O) groups is 1. The van der Waals surface area contributed by atoms with Gasteiger partial charge in [-0.2, -0.15) is 0 Å². The van der Waals surface area contributed by atoms with Crippen LogP contribution in [0.2, 0.25) is 0 Å². The molecule has 3 rings (SSSR count). The van der Waals surface area contributed by atoms with E-state index in [1.54, 1.807) is 30.1 Å². The van der Waals surface area contributed by atoms with Gasteiger partial charge in [0.2, 0.25) is 0 Å². The summed E-state index contributed by atoms with van der Waals surface area (Å²) in [6.07, 6.45) is 2.41. The number of rotatable bonds is 4. The van der Waals surface area contributed by atoms with Crippen molar-refractivity contribution >= 4 is 17.4 Å². The number of hydrogen-bond acceptors (Lipinski definition) is 2. The average Bonchev–Trinajstić information content (AvgIpc) is 3.11. The van der Waals surface area contributed by atoms with Crippen LogP contribution < -0.4 is 10.2 Å². The number of halogens is 1. The molecule has 126 valence electrons. The van der Waals surface area contributed by atoms with E-state index >= 15 is 0 Å². The molecule has 1 aliphatic heterocycles. The van der Waals surface area contributed by atoms with Crippen molar-refractivity contribution in [3.63, 3.8) is 0 Å². The van der Waals surface area contributed by atoms with Gasteiger partial charge in [-0.3, -0.25) is 0 Å². The Morgan fingerprint density at radius 1 is 1.12 bits per heavy atom. The van der Waals surface area contributed by atoms with E-state index in [0.717, 1.165) is 18.7 Å². The Balaban J connectivity index is 1.69. The maximum Gasteiger partial charge on any atom is 0.321 e. The van der Waals surface area contributed by atoms with Crippen LogP contribution in [-0.4, -0.2) is 31.1 Å². The zero-order valence-corrected chi connectivity index (χ0v) is 13.8. The molecule has 2 aromatic rings. The number of nitrogens with zero attached hydrogens (tertiary/aromatic N) is 2. The largest absolute Gasteiger partial charge is 0.371 e. The van der Waals surface area contributed by atoms with Crippen LogP contribution in [-0.2, 0) is 6.54 Å². The molecule has 0 radical (unpaired) electrons. The van der Waals surface area contributed by atoms with Gasteiger partial charge in [0.15, 0.2) is 0 Å². The molecule has 0 saturated carbocycles. The van der Waals surface area contributed by atoms with Crippen molar-refractivity contribution < 1.29 is 9.18 Å². The monoisotopic (exact) mass is 327 g/mol. The maximum atomic E-state index is 13.7. The predicted octanol–water partition coefficient (Wildman–Crippen LogP) is 4.09. The Labute approximate surface area is 141 Å². The molecule has 4 nitrogen and oxygen atoms in total. The van der Waals surface area contributed by atoms with Gasteiger partial charge in [0, 0.05) is 32.4 Å². The summed E-state index contributed by atoms with van der Waals surface area (Å²) >= 11 is 0. The van der Waals surface area contributed by atoms with E-state index in [1.807, 2.05) is 18.2 Å². The van der Waals surface area contributed by atoms with Crippen molar-refractivity contribution in [3.05, 3.63) is 59.9 Å². The Kier molecular flexibility index (Phi) is 4.99. The van der Waals surface area contributed by atoms with Crippen molar-refractivity contribution in [3.8, 4) is 0 Å². The van der Waals surface area contributed by atoms with Crippen LogP contribution in [0, 0.1) is 5.82 Å². The summed E-state index contributed by atoms with van der Waals surface area (Å²) in [6.45, 7) is 2.59. The third-order valence-electron chi connectivity index (χ3n) is 4.31. The molecule has 24 heavy (non-hydrogen) atoms. The molecule has 1 fully saturated rings. The number of urea groups is 1. The number of anilines is 2. The lowest BCUT2D eigenvalue weighted by Gasteiger charge is -2.24. The van der Waals surface area contributed by atoms with Crippen LogP contribution in [0.4, 0.5) is 20.6 Å². The smallest absolute Gasteiger partial charge is 0.321 e. The van der Waals surface area contributed by atoms with Gasteiger partial charge in [-0.1, -0.05) is 30.3 Å². The first-order valence-electron chi connectivity index (χ1n) is 8.24. The van der Waals surface area contributed by atoms with Crippen LogP contribution in [0.3, 0.4) is 0 Å². The van der Waals surface area contributed by atoms with Gasteiger partial charge in [-0.05, 0) is 36.6 Å². The van der Waals surface area contributed by atoms with E-state index in [-0.39, 0.29) is 11.7 Å². The Bertz CT molecular complexity index is 713. The van der Waals surface area contributed by atoms with Crippen LogP contribution in [0.25, 0.3) is 0 Å². The Hall–Kier alpha value is -2.56. The summed E-state index contributed by atoms with van der Waals surface area (Å²) in [4.78, 5) is 16.3. The van der Waals surface area contributed by atoms with E-state index in [4.69, 9.17) is 0 Å². The van der Waals surface area contributed by atoms with E-state index in [2.05, 4.69) is 16.3 Å². The summed E-state index contributed by atoms with van der Waals surface area (Å²) in [7, 11) is 1.72. The fourth-order valence-electron chi connectivity index (χ4n) is 3.01. The lowest BCUT2D eigenvalue weighted by molar-refractivity contribution is 0.220. The second-order valence-corrected chi connectivity index (χ2v) is 6.09. The van der Waals surface area contributed by atoms with Crippen LogP contribution in [0.5, 0.6) is 0 Å². The fraction of sp³-hybridized carbons (Fsp3) is 0.316. The topological polar surface area (TPSA) is 35.6 Å². The second-order valence-electron chi connectivity index (χ2n) is 6.09. The average molecular weight is 327 g/mol. The lowest BCUT2D eigenvalue weighted by atomic mass is 10.1. The predicted molar refractivity (Wildman–Crippen MR) is 94.8 cm³/mol. The molecule has 0 spiro atoms. The molecular formula is C19H22FN3O. The molecule has 1 saturated heterocycles. The molecular weight excluding hydrogens is 305 g/mol. The minimum absolute atomic E-state index is 0.196. The number of para-hydroxylation sites is 2. The van der Waals surface area contributed by atoms with Crippen molar-refractivity contribution in [2.75, 3.05) is 30.4 Å². The van der Waals surface area contributed by atoms with Crippen molar-refractivity contribution in [2.45, 2.75) is 19.4 Å². The van der Waals surface area contributed by atoms with Crippen LogP contribution in [0.1, 0.15) is 18.4 Å². The van der Waals surface area contributed by atoms with E-state index < -0.39 is 5.82 Å². The highest BCUT2D eigenvalue weighted by molar-refractivity contribution is 5.89. The number of nitrogens with one attached hydrogen (secondary N) is 1. The standard InChI is InChI=1S/C19H22FN3O/c1-22(19(24)21-17-10-4-3-9-16(17)20)14-15-8-2-5-11-18(15)23-12-6-7-13-23/h2-5,8-11H,6-7,12-14H2,1H3,(H,21,24).